The minimum absolute atomic E-state index is 0.276. The zero-order valence-electron chi connectivity index (χ0n) is 8.72. The molecule has 0 spiro atoms. The van der Waals surface area contributed by atoms with Crippen LogP contribution >= 0.6 is 0 Å². The van der Waals surface area contributed by atoms with Crippen molar-refractivity contribution in [3.8, 4) is 0 Å². The summed E-state index contributed by atoms with van der Waals surface area (Å²) >= 11 is 0. The van der Waals surface area contributed by atoms with Gasteiger partial charge in [-0.3, -0.25) is 0 Å². The Kier molecular flexibility index (Phi) is 3.12. The fourth-order valence-corrected chi connectivity index (χ4v) is 1.51. The largest absolute Gasteiger partial charge is 0.497 e. The lowest BCUT2D eigenvalue weighted by atomic mass is 9.91. The Morgan fingerprint density at radius 3 is 2.77 bits per heavy atom. The molecule has 0 aliphatic carbocycles. The first-order valence-electron chi connectivity index (χ1n) is 4.80. The van der Waals surface area contributed by atoms with Gasteiger partial charge in [0.05, 0.1) is 12.4 Å². The molecular formula is C11H18O2. The highest BCUT2D eigenvalue weighted by Gasteiger charge is 2.29. The monoisotopic (exact) mass is 182 g/mol. The predicted molar refractivity (Wildman–Crippen MR) is 52.3 cm³/mol. The minimum Gasteiger partial charge on any atom is -0.497 e. The van der Waals surface area contributed by atoms with Crippen molar-refractivity contribution in [1.29, 1.82) is 0 Å². The van der Waals surface area contributed by atoms with Crippen LogP contribution in [0.3, 0.4) is 0 Å². The van der Waals surface area contributed by atoms with E-state index in [9.17, 15) is 4.79 Å². The second-order valence-electron chi connectivity index (χ2n) is 4.54. The third-order valence-corrected chi connectivity index (χ3v) is 2.39. The average Bonchev–Trinajstić information content (AvgIpc) is 2.42. The molecule has 0 aromatic rings. The van der Waals surface area contributed by atoms with Gasteiger partial charge in [-0.25, -0.2) is 0 Å². The lowest BCUT2D eigenvalue weighted by Gasteiger charge is -2.10. The van der Waals surface area contributed by atoms with Gasteiger partial charge >= 0.3 is 0 Å². The van der Waals surface area contributed by atoms with Crippen LogP contribution in [-0.4, -0.2) is 12.9 Å². The maximum atomic E-state index is 10.2. The molecule has 0 aromatic heterocycles. The van der Waals surface area contributed by atoms with Crippen LogP contribution in [0.15, 0.2) is 11.3 Å². The van der Waals surface area contributed by atoms with E-state index in [1.807, 2.05) is 0 Å². The first-order valence-corrected chi connectivity index (χ1v) is 4.80. The first kappa shape index (κ1) is 10.3. The van der Waals surface area contributed by atoms with Crippen LogP contribution in [0.2, 0.25) is 0 Å². The Labute approximate surface area is 80.0 Å². The van der Waals surface area contributed by atoms with Crippen LogP contribution < -0.4 is 0 Å². The van der Waals surface area contributed by atoms with Gasteiger partial charge < -0.3 is 9.53 Å². The number of carbonyl (C=O) groups excluding carboxylic acids is 1. The summed E-state index contributed by atoms with van der Waals surface area (Å²) in [4.78, 5) is 10.2. The fourth-order valence-electron chi connectivity index (χ4n) is 1.51. The van der Waals surface area contributed by atoms with Gasteiger partial charge in [-0.15, -0.1) is 0 Å². The van der Waals surface area contributed by atoms with Gasteiger partial charge in [0.15, 0.2) is 0 Å². The number of aldehydes is 1. The zero-order valence-corrected chi connectivity index (χ0v) is 8.72. The smallest absolute Gasteiger partial charge is 0.120 e. The highest BCUT2D eigenvalue weighted by molar-refractivity contribution is 5.49. The highest BCUT2D eigenvalue weighted by atomic mass is 16.5. The topological polar surface area (TPSA) is 26.3 Å². The molecule has 0 N–H and O–H groups in total. The SMILES string of the molecule is C/C(CCC=O)=C1/CC(C)(C)CO1. The summed E-state index contributed by atoms with van der Waals surface area (Å²) < 4.78 is 5.59. The van der Waals surface area contributed by atoms with E-state index < -0.39 is 0 Å². The summed E-state index contributed by atoms with van der Waals surface area (Å²) in [5, 5.41) is 0. The van der Waals surface area contributed by atoms with E-state index in [2.05, 4.69) is 20.8 Å². The van der Waals surface area contributed by atoms with Gasteiger partial charge in [-0.1, -0.05) is 13.8 Å². The van der Waals surface area contributed by atoms with Gasteiger partial charge in [0.2, 0.25) is 0 Å². The normalized spacial score (nSPS) is 23.9. The molecule has 1 heterocycles. The summed E-state index contributed by atoms with van der Waals surface area (Å²) in [5.41, 5.74) is 1.51. The van der Waals surface area contributed by atoms with Gasteiger partial charge in [0, 0.05) is 18.3 Å². The molecule has 1 aliphatic rings. The predicted octanol–water partition coefficient (Wildman–Crippen LogP) is 2.69. The van der Waals surface area contributed by atoms with Crippen molar-refractivity contribution in [2.45, 2.75) is 40.0 Å². The lowest BCUT2D eigenvalue weighted by molar-refractivity contribution is -0.107. The molecule has 0 bridgehead atoms. The molecule has 0 unspecified atom stereocenters. The van der Waals surface area contributed by atoms with Gasteiger partial charge in [-0.05, 0) is 18.9 Å². The Hall–Kier alpha value is -0.790. The lowest BCUT2D eigenvalue weighted by Crippen LogP contribution is -2.08. The molecule has 1 rings (SSSR count). The number of ether oxygens (including phenoxy) is 1. The van der Waals surface area contributed by atoms with E-state index in [-0.39, 0.29) is 5.41 Å². The summed E-state index contributed by atoms with van der Waals surface area (Å²) in [7, 11) is 0. The number of allylic oxidation sites excluding steroid dienone is 2. The van der Waals surface area contributed by atoms with Crippen molar-refractivity contribution in [3.63, 3.8) is 0 Å². The summed E-state index contributed by atoms with van der Waals surface area (Å²) in [6, 6.07) is 0. The number of carbonyl (C=O) groups is 1. The summed E-state index contributed by atoms with van der Waals surface area (Å²) in [6.45, 7) is 7.26. The van der Waals surface area contributed by atoms with E-state index in [1.54, 1.807) is 0 Å². The zero-order chi connectivity index (χ0) is 9.90. The average molecular weight is 182 g/mol. The van der Waals surface area contributed by atoms with Crippen molar-refractivity contribution in [1.82, 2.24) is 0 Å². The van der Waals surface area contributed by atoms with Gasteiger partial charge in [-0.2, -0.15) is 0 Å². The maximum Gasteiger partial charge on any atom is 0.120 e. The third-order valence-electron chi connectivity index (χ3n) is 2.39. The van der Waals surface area contributed by atoms with Crippen LogP contribution in [0.5, 0.6) is 0 Å². The van der Waals surface area contributed by atoms with E-state index in [1.165, 1.54) is 5.57 Å². The van der Waals surface area contributed by atoms with Crippen LogP contribution in [0, 0.1) is 5.41 Å². The van der Waals surface area contributed by atoms with Crippen LogP contribution in [0.1, 0.15) is 40.0 Å². The fraction of sp³-hybridized carbons (Fsp3) is 0.727. The van der Waals surface area contributed by atoms with Crippen molar-refractivity contribution >= 4 is 6.29 Å². The Morgan fingerprint density at radius 2 is 2.31 bits per heavy atom. The van der Waals surface area contributed by atoms with Crippen molar-refractivity contribution in [2.24, 2.45) is 5.41 Å². The van der Waals surface area contributed by atoms with Crippen molar-refractivity contribution in [2.75, 3.05) is 6.61 Å². The molecule has 74 valence electrons. The van der Waals surface area contributed by atoms with Crippen molar-refractivity contribution in [3.05, 3.63) is 11.3 Å². The third kappa shape index (κ3) is 2.87. The second-order valence-corrected chi connectivity index (χ2v) is 4.54. The van der Waals surface area contributed by atoms with Crippen LogP contribution in [0.4, 0.5) is 0 Å². The molecule has 0 amide bonds. The minimum atomic E-state index is 0.276. The highest BCUT2D eigenvalue weighted by Crippen LogP contribution is 2.35. The molecule has 0 atom stereocenters. The quantitative estimate of drug-likeness (QED) is 0.627. The number of rotatable bonds is 3. The molecule has 0 radical (unpaired) electrons. The molecule has 2 heteroatoms. The van der Waals surface area contributed by atoms with Crippen LogP contribution in [0.25, 0.3) is 0 Å². The maximum absolute atomic E-state index is 10.2. The van der Waals surface area contributed by atoms with Crippen molar-refractivity contribution < 1.29 is 9.53 Å². The second kappa shape index (κ2) is 3.95. The standard InChI is InChI=1S/C11H18O2/c1-9(5-4-6-12)10-7-11(2,3)8-13-10/h6H,4-5,7-8H2,1-3H3/b10-9+. The summed E-state index contributed by atoms with van der Waals surface area (Å²) in [6.07, 6.45) is 3.43. The number of hydrogen-bond donors (Lipinski definition) is 0. The molecular weight excluding hydrogens is 164 g/mol. The molecule has 0 aromatic carbocycles. The van der Waals surface area contributed by atoms with E-state index in [4.69, 9.17) is 4.74 Å². The Balaban J connectivity index is 2.56. The van der Waals surface area contributed by atoms with E-state index in [0.29, 0.717) is 6.42 Å². The molecule has 13 heavy (non-hydrogen) atoms. The molecule has 1 aliphatic heterocycles. The molecule has 1 fully saturated rings. The Bertz CT molecular complexity index is 226. The van der Waals surface area contributed by atoms with Gasteiger partial charge in [0.25, 0.3) is 0 Å². The van der Waals surface area contributed by atoms with Gasteiger partial charge in [0.1, 0.15) is 6.29 Å². The molecule has 2 nitrogen and oxygen atoms in total. The molecule has 1 saturated heterocycles. The first-order chi connectivity index (χ1) is 6.05. The van der Waals surface area contributed by atoms with E-state index in [0.717, 1.165) is 31.5 Å². The van der Waals surface area contributed by atoms with Crippen LogP contribution in [-0.2, 0) is 9.53 Å². The molecule has 0 saturated carbocycles. The Morgan fingerprint density at radius 1 is 1.62 bits per heavy atom. The summed E-state index contributed by atoms with van der Waals surface area (Å²) in [5.74, 6) is 1.10. The van der Waals surface area contributed by atoms with E-state index >= 15 is 0 Å². The number of hydrogen-bond acceptors (Lipinski definition) is 2.